The monoisotopic (exact) mass is 408 g/mol. The Bertz CT molecular complexity index is 496. The number of carbonyl (C=O) groups is 2. The van der Waals surface area contributed by atoms with Crippen molar-refractivity contribution < 1.29 is 19.4 Å². The van der Waals surface area contributed by atoms with Gasteiger partial charge in [-0.3, -0.25) is 4.79 Å². The molecule has 0 aromatic heterocycles. The number of carboxylic acids is 1. The van der Waals surface area contributed by atoms with Crippen LogP contribution in [0.3, 0.4) is 0 Å². The van der Waals surface area contributed by atoms with Gasteiger partial charge in [0.25, 0.3) is 0 Å². The molecule has 0 aliphatic carbocycles. The van der Waals surface area contributed by atoms with Crippen molar-refractivity contribution in [3.8, 4) is 0 Å². The molecule has 1 atom stereocenters. The average Bonchev–Trinajstić information content (AvgIpc) is 2.38. The summed E-state index contributed by atoms with van der Waals surface area (Å²) in [6, 6.07) is 4.94. The van der Waals surface area contributed by atoms with E-state index in [4.69, 9.17) is 9.84 Å². The van der Waals surface area contributed by atoms with Gasteiger partial charge in [0.1, 0.15) is 0 Å². The fourth-order valence-corrected chi connectivity index (χ4v) is 2.11. The number of aliphatic carboxylic acids is 1. The lowest BCUT2D eigenvalue weighted by Crippen LogP contribution is -2.37. The van der Waals surface area contributed by atoms with Crippen LogP contribution in [0.25, 0.3) is 0 Å². The van der Waals surface area contributed by atoms with E-state index < -0.39 is 18.1 Å². The third-order valence-electron chi connectivity index (χ3n) is 2.40. The number of hydrogen-bond donors (Lipinski definition) is 3. The lowest BCUT2D eigenvalue weighted by Gasteiger charge is -2.15. The van der Waals surface area contributed by atoms with Crippen molar-refractivity contribution in [2.24, 2.45) is 0 Å². The van der Waals surface area contributed by atoms with E-state index in [1.54, 1.807) is 12.1 Å². The van der Waals surface area contributed by atoms with Gasteiger partial charge in [0.2, 0.25) is 0 Å². The van der Waals surface area contributed by atoms with E-state index in [2.05, 4.69) is 42.5 Å². The Balaban J connectivity index is 2.51. The Morgan fingerprint density at radius 3 is 2.70 bits per heavy atom. The molecule has 0 fully saturated rings. The Kier molecular flexibility index (Phi) is 6.97. The van der Waals surface area contributed by atoms with Crippen LogP contribution in [0.1, 0.15) is 6.42 Å². The Morgan fingerprint density at radius 2 is 2.10 bits per heavy atom. The quantitative estimate of drug-likeness (QED) is 0.674. The maximum Gasteiger partial charge on any atom is 0.319 e. The molecule has 0 aliphatic rings. The second-order valence-corrected chi connectivity index (χ2v) is 5.68. The highest BCUT2D eigenvalue weighted by atomic mass is 79.9. The number of urea groups is 1. The van der Waals surface area contributed by atoms with Crippen LogP contribution >= 0.6 is 31.9 Å². The zero-order chi connectivity index (χ0) is 15.1. The summed E-state index contributed by atoms with van der Waals surface area (Å²) < 4.78 is 6.54. The van der Waals surface area contributed by atoms with E-state index >= 15 is 0 Å². The molecule has 3 N–H and O–H groups in total. The fourth-order valence-electron chi connectivity index (χ4n) is 1.40. The molecule has 8 heteroatoms. The van der Waals surface area contributed by atoms with Gasteiger partial charge in [-0.1, -0.05) is 15.9 Å². The van der Waals surface area contributed by atoms with Crippen molar-refractivity contribution in [2.45, 2.75) is 12.5 Å². The molecule has 0 aliphatic heterocycles. The van der Waals surface area contributed by atoms with Gasteiger partial charge in [-0.25, -0.2) is 4.79 Å². The number of halogens is 2. The normalized spacial score (nSPS) is 11.8. The fraction of sp³-hybridized carbons (Fsp3) is 0.333. The summed E-state index contributed by atoms with van der Waals surface area (Å²) in [7, 11) is 1.40. The topological polar surface area (TPSA) is 87.7 Å². The van der Waals surface area contributed by atoms with Gasteiger partial charge in [-0.15, -0.1) is 0 Å². The number of methoxy groups -OCH3 is 1. The van der Waals surface area contributed by atoms with Crippen molar-refractivity contribution in [3.63, 3.8) is 0 Å². The van der Waals surface area contributed by atoms with E-state index in [-0.39, 0.29) is 13.0 Å². The van der Waals surface area contributed by atoms with Gasteiger partial charge in [-0.2, -0.15) is 0 Å². The molecule has 2 amide bonds. The minimum atomic E-state index is -0.978. The molecule has 1 rings (SSSR count). The second kappa shape index (κ2) is 8.23. The summed E-state index contributed by atoms with van der Waals surface area (Å²) in [5, 5.41) is 13.9. The first kappa shape index (κ1) is 16.9. The number of carbonyl (C=O) groups excluding carboxylic acids is 1. The number of benzene rings is 1. The molecule has 110 valence electrons. The SMILES string of the molecule is COC(CNC(=O)Nc1cc(Br)ccc1Br)CC(=O)O. The highest BCUT2D eigenvalue weighted by molar-refractivity contribution is 9.11. The molecule has 1 aromatic carbocycles. The van der Waals surface area contributed by atoms with Crippen LogP contribution in [0.15, 0.2) is 27.1 Å². The standard InChI is InChI=1S/C12H14Br2N2O4/c1-20-8(5-11(17)18)6-15-12(19)16-10-4-7(13)2-3-9(10)14/h2-4,8H,5-6H2,1H3,(H,17,18)(H2,15,16,19). The summed E-state index contributed by atoms with van der Waals surface area (Å²) in [5.74, 6) is -0.978. The van der Waals surface area contributed by atoms with Gasteiger partial charge in [-0.05, 0) is 34.1 Å². The molecule has 1 unspecified atom stereocenters. The number of hydrogen-bond acceptors (Lipinski definition) is 3. The number of rotatable bonds is 6. The molecular formula is C12H14Br2N2O4. The molecule has 20 heavy (non-hydrogen) atoms. The zero-order valence-corrected chi connectivity index (χ0v) is 13.8. The Hall–Kier alpha value is -1.12. The average molecular weight is 410 g/mol. The zero-order valence-electron chi connectivity index (χ0n) is 10.7. The lowest BCUT2D eigenvalue weighted by atomic mass is 10.2. The van der Waals surface area contributed by atoms with E-state index in [0.29, 0.717) is 5.69 Å². The molecule has 6 nitrogen and oxygen atoms in total. The van der Waals surface area contributed by atoms with E-state index in [1.165, 1.54) is 7.11 Å². The second-order valence-electron chi connectivity index (χ2n) is 3.91. The van der Waals surface area contributed by atoms with Crippen molar-refractivity contribution >= 4 is 49.5 Å². The Morgan fingerprint density at radius 1 is 1.40 bits per heavy atom. The molecule has 1 aromatic rings. The van der Waals surface area contributed by atoms with Gasteiger partial charge in [0, 0.05) is 22.6 Å². The van der Waals surface area contributed by atoms with Crippen molar-refractivity contribution in [3.05, 3.63) is 27.1 Å². The van der Waals surface area contributed by atoms with E-state index in [0.717, 1.165) is 8.95 Å². The van der Waals surface area contributed by atoms with Gasteiger partial charge < -0.3 is 20.5 Å². The number of anilines is 1. The molecular weight excluding hydrogens is 396 g/mol. The van der Waals surface area contributed by atoms with Gasteiger partial charge in [0.15, 0.2) is 0 Å². The first-order chi connectivity index (χ1) is 9.42. The minimum absolute atomic E-state index is 0.111. The number of carboxylic acid groups (broad SMARTS) is 1. The van der Waals surface area contributed by atoms with Crippen molar-refractivity contribution in [1.82, 2.24) is 5.32 Å². The first-order valence-corrected chi connectivity index (χ1v) is 7.25. The summed E-state index contributed by atoms with van der Waals surface area (Å²) >= 11 is 6.63. The van der Waals surface area contributed by atoms with Gasteiger partial charge >= 0.3 is 12.0 Å². The minimum Gasteiger partial charge on any atom is -0.481 e. The maximum absolute atomic E-state index is 11.7. The van der Waals surface area contributed by atoms with Crippen LogP contribution in [0, 0.1) is 0 Å². The highest BCUT2D eigenvalue weighted by Gasteiger charge is 2.14. The largest absolute Gasteiger partial charge is 0.481 e. The molecule has 0 saturated heterocycles. The first-order valence-electron chi connectivity index (χ1n) is 5.67. The summed E-state index contributed by atoms with van der Waals surface area (Å²) in [5.41, 5.74) is 0.601. The number of ether oxygens (including phenoxy) is 1. The summed E-state index contributed by atoms with van der Waals surface area (Å²) in [4.78, 5) is 22.3. The van der Waals surface area contributed by atoms with Crippen LogP contribution in [-0.2, 0) is 9.53 Å². The van der Waals surface area contributed by atoms with Crippen LogP contribution in [-0.4, -0.2) is 36.9 Å². The van der Waals surface area contributed by atoms with Crippen molar-refractivity contribution in [2.75, 3.05) is 19.0 Å². The Labute approximate surface area is 133 Å². The predicted octanol–water partition coefficient (Wildman–Crippen LogP) is 2.82. The molecule has 0 heterocycles. The third kappa shape index (κ3) is 5.89. The molecule has 0 saturated carbocycles. The smallest absolute Gasteiger partial charge is 0.319 e. The lowest BCUT2D eigenvalue weighted by molar-refractivity contribution is -0.139. The van der Waals surface area contributed by atoms with E-state index in [1.807, 2.05) is 6.07 Å². The van der Waals surface area contributed by atoms with Crippen LogP contribution in [0.5, 0.6) is 0 Å². The third-order valence-corrected chi connectivity index (χ3v) is 3.59. The summed E-state index contributed by atoms with van der Waals surface area (Å²) in [6.07, 6.45) is -0.735. The predicted molar refractivity (Wildman–Crippen MR) is 81.9 cm³/mol. The number of amides is 2. The van der Waals surface area contributed by atoms with Gasteiger partial charge in [0.05, 0.1) is 18.2 Å². The molecule has 0 radical (unpaired) electrons. The van der Waals surface area contributed by atoms with Crippen LogP contribution in [0.2, 0.25) is 0 Å². The van der Waals surface area contributed by atoms with Crippen LogP contribution in [0.4, 0.5) is 10.5 Å². The van der Waals surface area contributed by atoms with Crippen molar-refractivity contribution in [1.29, 1.82) is 0 Å². The highest BCUT2D eigenvalue weighted by Crippen LogP contribution is 2.25. The molecule has 0 spiro atoms. The maximum atomic E-state index is 11.7. The molecule has 0 bridgehead atoms. The summed E-state index contributed by atoms with van der Waals surface area (Å²) in [6.45, 7) is 0.111. The van der Waals surface area contributed by atoms with Crippen LogP contribution < -0.4 is 10.6 Å². The number of nitrogens with one attached hydrogen (secondary N) is 2. The van der Waals surface area contributed by atoms with E-state index in [9.17, 15) is 9.59 Å².